The van der Waals surface area contributed by atoms with Gasteiger partial charge in [0.1, 0.15) is 0 Å². The minimum absolute atomic E-state index is 0.509. The molecule has 1 N–H and O–H groups in total. The molecule has 0 radical (unpaired) electrons. The van der Waals surface area contributed by atoms with Gasteiger partial charge in [-0.25, -0.2) is 0 Å². The highest BCUT2D eigenvalue weighted by Crippen LogP contribution is 2.48. The van der Waals surface area contributed by atoms with Crippen LogP contribution in [-0.4, -0.2) is 25.2 Å². The molecule has 1 aliphatic rings. The summed E-state index contributed by atoms with van der Waals surface area (Å²) < 4.78 is 6.19. The maximum atomic E-state index is 5.15. The van der Waals surface area contributed by atoms with Crippen molar-refractivity contribution in [3.63, 3.8) is 0 Å². The van der Waals surface area contributed by atoms with Gasteiger partial charge in [-0.2, -0.15) is 0 Å². The zero-order chi connectivity index (χ0) is 12.1. The number of nitrogens with zero attached hydrogens (tertiary/aromatic N) is 1. The van der Waals surface area contributed by atoms with Gasteiger partial charge in [0.05, 0.1) is 0 Å². The number of ether oxygens (including phenoxy) is 1. The summed E-state index contributed by atoms with van der Waals surface area (Å²) in [5, 5.41) is 3.52. The molecule has 1 heterocycles. The summed E-state index contributed by atoms with van der Waals surface area (Å²) in [6.45, 7) is 2.85. The van der Waals surface area contributed by atoms with Crippen LogP contribution in [0.5, 0.6) is 0 Å². The topological polar surface area (TPSA) is 34.1 Å². The standard InChI is InChI=1S/C13H19BrN2O/c1-17-5-4-13(2-3-13)10-16-8-11-6-12(14)9-15-7-11/h6-7,9,16H,2-5,8,10H2,1H3. The molecule has 0 bridgehead atoms. The second-order valence-electron chi connectivity index (χ2n) is 4.86. The maximum absolute atomic E-state index is 5.15. The van der Waals surface area contributed by atoms with E-state index in [2.05, 4.69) is 32.3 Å². The summed E-state index contributed by atoms with van der Waals surface area (Å²) >= 11 is 3.43. The SMILES string of the molecule is COCCC1(CNCc2cncc(Br)c2)CC1. The third kappa shape index (κ3) is 4.05. The third-order valence-electron chi connectivity index (χ3n) is 3.38. The van der Waals surface area contributed by atoms with Gasteiger partial charge in [-0.15, -0.1) is 0 Å². The van der Waals surface area contributed by atoms with Crippen molar-refractivity contribution in [2.45, 2.75) is 25.8 Å². The summed E-state index contributed by atoms with van der Waals surface area (Å²) in [4.78, 5) is 4.16. The first-order chi connectivity index (χ1) is 8.24. The van der Waals surface area contributed by atoms with E-state index in [0.29, 0.717) is 5.41 Å². The molecule has 1 aromatic rings. The van der Waals surface area contributed by atoms with Gasteiger partial charge < -0.3 is 10.1 Å². The number of hydrogen-bond donors (Lipinski definition) is 1. The van der Waals surface area contributed by atoms with E-state index < -0.39 is 0 Å². The molecule has 0 unspecified atom stereocenters. The lowest BCUT2D eigenvalue weighted by Crippen LogP contribution is -2.24. The number of methoxy groups -OCH3 is 1. The minimum Gasteiger partial charge on any atom is -0.385 e. The number of pyridine rings is 1. The first kappa shape index (κ1) is 13.0. The molecule has 2 rings (SSSR count). The second-order valence-corrected chi connectivity index (χ2v) is 5.77. The lowest BCUT2D eigenvalue weighted by molar-refractivity contribution is 0.171. The van der Waals surface area contributed by atoms with E-state index >= 15 is 0 Å². The van der Waals surface area contributed by atoms with Crippen LogP contribution in [0.1, 0.15) is 24.8 Å². The largest absolute Gasteiger partial charge is 0.385 e. The molecular formula is C13H19BrN2O. The molecule has 0 aliphatic heterocycles. The van der Waals surface area contributed by atoms with Gasteiger partial charge in [0.2, 0.25) is 0 Å². The predicted molar refractivity (Wildman–Crippen MR) is 71.8 cm³/mol. The lowest BCUT2D eigenvalue weighted by Gasteiger charge is -2.15. The first-order valence-corrected chi connectivity index (χ1v) is 6.82. The van der Waals surface area contributed by atoms with Crippen molar-refractivity contribution in [1.82, 2.24) is 10.3 Å². The van der Waals surface area contributed by atoms with E-state index in [4.69, 9.17) is 4.74 Å². The van der Waals surface area contributed by atoms with Crippen LogP contribution in [0.3, 0.4) is 0 Å². The lowest BCUT2D eigenvalue weighted by atomic mass is 10.0. The summed E-state index contributed by atoms with van der Waals surface area (Å²) in [5.74, 6) is 0. The summed E-state index contributed by atoms with van der Waals surface area (Å²) in [6, 6.07) is 2.11. The third-order valence-corrected chi connectivity index (χ3v) is 3.82. The highest BCUT2D eigenvalue weighted by molar-refractivity contribution is 9.10. The predicted octanol–water partition coefficient (Wildman–Crippen LogP) is 2.75. The Hall–Kier alpha value is -0.450. The Morgan fingerprint density at radius 3 is 2.94 bits per heavy atom. The van der Waals surface area contributed by atoms with Crippen LogP contribution in [0.25, 0.3) is 0 Å². The molecule has 3 nitrogen and oxygen atoms in total. The summed E-state index contributed by atoms with van der Waals surface area (Å²) in [5.41, 5.74) is 1.73. The number of rotatable bonds is 7. The molecule has 4 heteroatoms. The molecule has 0 spiro atoms. The van der Waals surface area contributed by atoms with Gasteiger partial charge in [-0.1, -0.05) is 0 Å². The van der Waals surface area contributed by atoms with Crippen LogP contribution >= 0.6 is 15.9 Å². The van der Waals surface area contributed by atoms with Crippen LogP contribution in [0.4, 0.5) is 0 Å². The van der Waals surface area contributed by atoms with Gasteiger partial charge in [-0.3, -0.25) is 4.98 Å². The molecule has 0 amide bonds. The Labute approximate surface area is 111 Å². The Balaban J connectivity index is 1.72. The highest BCUT2D eigenvalue weighted by Gasteiger charge is 2.41. The number of nitrogens with one attached hydrogen (secondary N) is 1. The fraction of sp³-hybridized carbons (Fsp3) is 0.615. The fourth-order valence-corrected chi connectivity index (χ4v) is 2.45. The van der Waals surface area contributed by atoms with Crippen molar-refractivity contribution in [3.05, 3.63) is 28.5 Å². The first-order valence-electron chi connectivity index (χ1n) is 6.03. The molecule has 1 aromatic heterocycles. The van der Waals surface area contributed by atoms with Crippen LogP contribution in [-0.2, 0) is 11.3 Å². The average molecular weight is 299 g/mol. The average Bonchev–Trinajstić information content (AvgIpc) is 3.07. The molecule has 0 atom stereocenters. The van der Waals surface area contributed by atoms with Crippen molar-refractivity contribution < 1.29 is 4.74 Å². The van der Waals surface area contributed by atoms with Crippen molar-refractivity contribution in [3.8, 4) is 0 Å². The van der Waals surface area contributed by atoms with Gasteiger partial charge in [-0.05, 0) is 52.2 Å². The van der Waals surface area contributed by atoms with Gasteiger partial charge >= 0.3 is 0 Å². The Morgan fingerprint density at radius 1 is 1.47 bits per heavy atom. The van der Waals surface area contributed by atoms with E-state index in [0.717, 1.165) is 24.2 Å². The maximum Gasteiger partial charge on any atom is 0.0468 e. The Morgan fingerprint density at radius 2 is 2.29 bits per heavy atom. The normalized spacial score (nSPS) is 17.1. The van der Waals surface area contributed by atoms with Crippen LogP contribution < -0.4 is 5.32 Å². The summed E-state index contributed by atoms with van der Waals surface area (Å²) in [7, 11) is 1.77. The molecule has 1 fully saturated rings. The Bertz CT molecular complexity index is 366. The summed E-state index contributed by atoms with van der Waals surface area (Å²) in [6.07, 6.45) is 7.56. The smallest absolute Gasteiger partial charge is 0.0468 e. The zero-order valence-corrected chi connectivity index (χ0v) is 11.8. The molecule has 0 saturated heterocycles. The van der Waals surface area contributed by atoms with Crippen molar-refractivity contribution in [1.29, 1.82) is 0 Å². The molecule has 94 valence electrons. The van der Waals surface area contributed by atoms with E-state index in [9.17, 15) is 0 Å². The highest BCUT2D eigenvalue weighted by atomic mass is 79.9. The molecular weight excluding hydrogens is 280 g/mol. The number of hydrogen-bond acceptors (Lipinski definition) is 3. The zero-order valence-electron chi connectivity index (χ0n) is 10.2. The van der Waals surface area contributed by atoms with Gasteiger partial charge in [0.15, 0.2) is 0 Å². The van der Waals surface area contributed by atoms with Crippen LogP contribution in [0, 0.1) is 5.41 Å². The second kappa shape index (κ2) is 5.94. The van der Waals surface area contributed by atoms with Crippen LogP contribution in [0.15, 0.2) is 22.9 Å². The quantitative estimate of drug-likeness (QED) is 0.840. The van der Waals surface area contributed by atoms with Crippen molar-refractivity contribution >= 4 is 15.9 Å². The van der Waals surface area contributed by atoms with E-state index in [-0.39, 0.29) is 0 Å². The van der Waals surface area contributed by atoms with E-state index in [1.807, 2.05) is 12.4 Å². The van der Waals surface area contributed by atoms with Crippen molar-refractivity contribution in [2.75, 3.05) is 20.3 Å². The monoisotopic (exact) mass is 298 g/mol. The van der Waals surface area contributed by atoms with E-state index in [1.165, 1.54) is 24.8 Å². The number of aromatic nitrogens is 1. The molecule has 17 heavy (non-hydrogen) atoms. The van der Waals surface area contributed by atoms with Gasteiger partial charge in [0.25, 0.3) is 0 Å². The number of halogens is 1. The molecule has 1 aliphatic carbocycles. The molecule has 0 aromatic carbocycles. The minimum atomic E-state index is 0.509. The molecule has 1 saturated carbocycles. The Kier molecular flexibility index (Phi) is 4.54. The van der Waals surface area contributed by atoms with Crippen LogP contribution in [0.2, 0.25) is 0 Å². The van der Waals surface area contributed by atoms with Crippen molar-refractivity contribution in [2.24, 2.45) is 5.41 Å². The fourth-order valence-electron chi connectivity index (χ4n) is 2.04. The van der Waals surface area contributed by atoms with Gasteiger partial charge in [0, 0.05) is 43.7 Å². The van der Waals surface area contributed by atoms with E-state index in [1.54, 1.807) is 7.11 Å².